The first-order valence-corrected chi connectivity index (χ1v) is 9.44. The number of rotatable bonds is 7. The first-order valence-electron chi connectivity index (χ1n) is 8.56. The van der Waals surface area contributed by atoms with Crippen molar-refractivity contribution in [2.24, 2.45) is 10.2 Å². The van der Waals surface area contributed by atoms with Gasteiger partial charge >= 0.3 is 6.18 Å². The van der Waals surface area contributed by atoms with E-state index < -0.39 is 24.4 Å². The predicted octanol–water partition coefficient (Wildman–Crippen LogP) is 4.68. The lowest BCUT2D eigenvalue weighted by Gasteiger charge is -2.08. The molecule has 1 heterocycles. The molecule has 0 atom stereocenters. The van der Waals surface area contributed by atoms with E-state index in [1.165, 1.54) is 29.7 Å². The van der Waals surface area contributed by atoms with E-state index in [9.17, 15) is 18.0 Å². The van der Waals surface area contributed by atoms with Crippen molar-refractivity contribution >= 4 is 22.7 Å². The number of halogens is 3. The van der Waals surface area contributed by atoms with Crippen LogP contribution in [0.2, 0.25) is 0 Å². The molecule has 31 heavy (non-hydrogen) atoms. The molecule has 0 saturated carbocycles. The zero-order valence-electron chi connectivity index (χ0n) is 16.1. The minimum absolute atomic E-state index is 0.00301. The van der Waals surface area contributed by atoms with E-state index in [-0.39, 0.29) is 22.1 Å². The first kappa shape index (κ1) is 23.6. The number of thioether (sulfide) groups is 1. The molecule has 1 aromatic heterocycles. The van der Waals surface area contributed by atoms with Gasteiger partial charge in [-0.25, -0.2) is 4.68 Å². The maximum atomic E-state index is 13.3. The van der Waals surface area contributed by atoms with Crippen molar-refractivity contribution in [1.82, 2.24) is 15.1 Å². The van der Waals surface area contributed by atoms with Gasteiger partial charge in [0.2, 0.25) is 0 Å². The Morgan fingerprint density at radius 3 is 2.81 bits per heavy atom. The van der Waals surface area contributed by atoms with Crippen LogP contribution in [0.3, 0.4) is 0 Å². The molecule has 0 aliphatic carbocycles. The molecule has 0 saturated heterocycles. The molecule has 2 aromatic rings. The summed E-state index contributed by atoms with van der Waals surface area (Å²) in [5.41, 5.74) is -0.756. The van der Waals surface area contributed by atoms with E-state index in [1.807, 2.05) is 6.07 Å². The molecule has 12 heteroatoms. The summed E-state index contributed by atoms with van der Waals surface area (Å²) in [6, 6.07) is 8.63. The fraction of sp³-hybridized carbons (Fsp3) is 0.158. The zero-order valence-corrected chi connectivity index (χ0v) is 17.0. The van der Waals surface area contributed by atoms with Gasteiger partial charge in [0, 0.05) is 5.56 Å². The van der Waals surface area contributed by atoms with Crippen molar-refractivity contribution in [1.29, 1.82) is 10.7 Å². The molecule has 0 aliphatic heterocycles. The number of allylic oxidation sites excluding steroid dienone is 1. The highest BCUT2D eigenvalue weighted by Gasteiger charge is 2.36. The first-order chi connectivity index (χ1) is 14.7. The Kier molecular flexibility index (Phi) is 7.87. The third-order valence-corrected chi connectivity index (χ3v) is 4.26. The van der Waals surface area contributed by atoms with E-state index in [4.69, 9.17) is 10.7 Å². The zero-order chi connectivity index (χ0) is 23.0. The van der Waals surface area contributed by atoms with Crippen LogP contribution in [0.4, 0.5) is 13.2 Å². The van der Waals surface area contributed by atoms with E-state index in [0.717, 1.165) is 17.8 Å². The lowest BCUT2D eigenvalue weighted by atomic mass is 10.1. The van der Waals surface area contributed by atoms with Crippen molar-refractivity contribution in [3.8, 4) is 6.07 Å². The molecule has 0 bridgehead atoms. The lowest BCUT2D eigenvalue weighted by Crippen LogP contribution is -2.21. The molecule has 8 nitrogen and oxygen atoms in total. The maximum absolute atomic E-state index is 13.3. The van der Waals surface area contributed by atoms with Crippen LogP contribution >= 0.6 is 11.8 Å². The fourth-order valence-electron chi connectivity index (χ4n) is 2.25. The van der Waals surface area contributed by atoms with Crippen molar-refractivity contribution < 1.29 is 18.0 Å². The number of nitriles is 1. The molecule has 0 spiro atoms. The summed E-state index contributed by atoms with van der Waals surface area (Å²) in [5.74, 6) is -0.556. The number of carbonyl (C=O) groups excluding carboxylic acids is 1. The molecule has 2 N–H and O–H groups in total. The van der Waals surface area contributed by atoms with Gasteiger partial charge in [-0.05, 0) is 42.7 Å². The van der Waals surface area contributed by atoms with Crippen molar-refractivity contribution in [3.05, 3.63) is 76.7 Å². The van der Waals surface area contributed by atoms with Crippen molar-refractivity contribution in [3.63, 3.8) is 0 Å². The molecule has 2 rings (SSSR count). The summed E-state index contributed by atoms with van der Waals surface area (Å²) in [5, 5.41) is 31.4. The molecule has 0 unspecified atom stereocenters. The summed E-state index contributed by atoms with van der Waals surface area (Å²) in [4.78, 5) is 12.3. The lowest BCUT2D eigenvalue weighted by molar-refractivity contribution is -0.144. The summed E-state index contributed by atoms with van der Waals surface area (Å²) in [6.07, 6.45) is -3.30. The van der Waals surface area contributed by atoms with E-state index in [2.05, 4.69) is 27.2 Å². The number of benzene rings is 1. The van der Waals surface area contributed by atoms with Crippen LogP contribution in [-0.2, 0) is 12.8 Å². The highest BCUT2D eigenvalue weighted by atomic mass is 32.2. The van der Waals surface area contributed by atoms with Gasteiger partial charge < -0.3 is 5.32 Å². The molecule has 1 amide bonds. The van der Waals surface area contributed by atoms with Crippen LogP contribution in [0.5, 0.6) is 0 Å². The minimum Gasteiger partial charge on any atom is -0.305 e. The average molecular weight is 447 g/mol. The fourth-order valence-corrected chi connectivity index (χ4v) is 2.64. The maximum Gasteiger partial charge on any atom is 0.433 e. The second kappa shape index (κ2) is 10.4. The summed E-state index contributed by atoms with van der Waals surface area (Å²) in [6.45, 7) is 4.38. The number of carbonyl (C=O) groups is 1. The number of azo groups is 1. The molecular formula is C19H16F3N7OS. The summed E-state index contributed by atoms with van der Waals surface area (Å²) >= 11 is 0.830. The molecule has 0 aliphatic rings. The van der Waals surface area contributed by atoms with Crippen molar-refractivity contribution in [2.45, 2.75) is 19.8 Å². The van der Waals surface area contributed by atoms with Gasteiger partial charge in [0.05, 0.1) is 11.6 Å². The minimum atomic E-state index is -4.71. The normalized spacial score (nSPS) is 11.9. The molecule has 0 fully saturated rings. The number of nitrogens with one attached hydrogen (secondary N) is 2. The monoisotopic (exact) mass is 447 g/mol. The topological polar surface area (TPSA) is 119 Å². The van der Waals surface area contributed by atoms with Gasteiger partial charge in [-0.2, -0.15) is 28.6 Å². The Hall–Kier alpha value is -3.72. The number of aromatic nitrogens is 2. The van der Waals surface area contributed by atoms with Crippen LogP contribution in [0, 0.1) is 16.7 Å². The third kappa shape index (κ3) is 6.38. The number of amides is 1. The third-order valence-electron chi connectivity index (χ3n) is 3.65. The number of hydrogen-bond donors (Lipinski definition) is 2. The van der Waals surface area contributed by atoms with Crippen LogP contribution in [0.25, 0.3) is 0 Å². The summed E-state index contributed by atoms with van der Waals surface area (Å²) < 4.78 is 40.4. The SMILES string of the molecule is C=CSC(=N)c1cc(C(F)(F)F)n(C/N=N\C(=C/C)NC(=O)c2cccc(C#N)c2)n1. The Labute approximate surface area is 179 Å². The second-order valence-corrected chi connectivity index (χ2v) is 6.71. The van der Waals surface area contributed by atoms with Gasteiger partial charge in [-0.15, -0.1) is 5.11 Å². The molecule has 1 aromatic carbocycles. The van der Waals surface area contributed by atoms with Crippen LogP contribution in [0.15, 0.2) is 64.4 Å². The number of hydrogen-bond acceptors (Lipinski definition) is 7. The average Bonchev–Trinajstić information content (AvgIpc) is 3.18. The second-order valence-electron chi connectivity index (χ2n) is 5.73. The van der Waals surface area contributed by atoms with Crippen molar-refractivity contribution in [2.75, 3.05) is 0 Å². The van der Waals surface area contributed by atoms with Crippen LogP contribution in [0.1, 0.15) is 34.2 Å². The number of alkyl halides is 3. The molecular weight excluding hydrogens is 431 g/mol. The van der Waals surface area contributed by atoms with Gasteiger partial charge in [-0.3, -0.25) is 10.2 Å². The van der Waals surface area contributed by atoms with Gasteiger partial charge in [-0.1, -0.05) is 24.4 Å². The summed E-state index contributed by atoms with van der Waals surface area (Å²) in [7, 11) is 0. The quantitative estimate of drug-likeness (QED) is 0.364. The van der Waals surface area contributed by atoms with Crippen LogP contribution in [-0.4, -0.2) is 20.7 Å². The Balaban J connectivity index is 2.15. The van der Waals surface area contributed by atoms with Gasteiger partial charge in [0.15, 0.2) is 12.5 Å². The largest absolute Gasteiger partial charge is 0.433 e. The highest BCUT2D eigenvalue weighted by Crippen LogP contribution is 2.30. The standard InChI is InChI=1S/C19H16F3N7OS/c1-3-16(26-18(30)13-7-5-6-12(8-13)10-23)27-25-11-29-15(19(20,21)22)9-14(28-29)17(24)31-4-2/h3-9,24H,2,11H2,1H3,(H,26,30)/b16-3-,24-17?,27-25-. The predicted molar refractivity (Wildman–Crippen MR) is 109 cm³/mol. The van der Waals surface area contributed by atoms with Gasteiger partial charge in [0.1, 0.15) is 16.4 Å². The smallest absolute Gasteiger partial charge is 0.305 e. The Bertz CT molecular complexity index is 1100. The van der Waals surface area contributed by atoms with E-state index in [0.29, 0.717) is 10.2 Å². The van der Waals surface area contributed by atoms with Crippen LogP contribution < -0.4 is 5.32 Å². The van der Waals surface area contributed by atoms with E-state index in [1.54, 1.807) is 13.0 Å². The molecule has 0 radical (unpaired) electrons. The highest BCUT2D eigenvalue weighted by molar-refractivity contribution is 8.16. The van der Waals surface area contributed by atoms with Gasteiger partial charge in [0.25, 0.3) is 5.91 Å². The number of nitrogens with zero attached hydrogens (tertiary/aromatic N) is 5. The molecule has 160 valence electrons. The Morgan fingerprint density at radius 2 is 2.19 bits per heavy atom. The van der Waals surface area contributed by atoms with E-state index >= 15 is 0 Å². The Morgan fingerprint density at radius 1 is 1.45 bits per heavy atom.